The average Bonchev–Trinajstić information content (AvgIpc) is 2.40. The molecule has 0 rings (SSSR count). The maximum Gasteiger partial charge on any atom is 0.330 e. The predicted molar refractivity (Wildman–Crippen MR) is 71.5 cm³/mol. The van der Waals surface area contributed by atoms with Crippen molar-refractivity contribution in [2.45, 2.75) is 45.6 Å². The zero-order chi connectivity index (χ0) is 13.6. The summed E-state index contributed by atoms with van der Waals surface area (Å²) in [6.45, 7) is 9.92. The number of carbonyl (C=O) groups is 1. The number of rotatable bonds is 12. The van der Waals surface area contributed by atoms with Crippen molar-refractivity contribution in [3.8, 4) is 0 Å². The van der Waals surface area contributed by atoms with Crippen LogP contribution in [0.5, 0.6) is 0 Å². The van der Waals surface area contributed by atoms with E-state index in [1.807, 2.05) is 0 Å². The highest BCUT2D eigenvalue weighted by Gasteiger charge is 2.06. The Morgan fingerprint density at radius 1 is 1.22 bits per heavy atom. The van der Waals surface area contributed by atoms with E-state index in [2.05, 4.69) is 20.4 Å². The number of unbranched alkanes of at least 4 members (excludes halogenated alkanes) is 1. The Morgan fingerprint density at radius 3 is 2.61 bits per heavy atom. The molecule has 0 bridgehead atoms. The van der Waals surface area contributed by atoms with Gasteiger partial charge in [-0.1, -0.05) is 26.8 Å². The molecule has 0 aromatic rings. The first-order valence-electron chi connectivity index (χ1n) is 6.73. The Hall–Kier alpha value is -0.870. The molecule has 0 N–H and O–H groups in total. The Labute approximate surface area is 110 Å². The fourth-order valence-corrected chi connectivity index (χ4v) is 1.29. The summed E-state index contributed by atoms with van der Waals surface area (Å²) in [5.74, 6) is -0.385. The van der Waals surface area contributed by atoms with Crippen molar-refractivity contribution in [3.63, 3.8) is 0 Å². The average molecular weight is 258 g/mol. The van der Waals surface area contributed by atoms with Gasteiger partial charge in [0, 0.05) is 25.7 Å². The minimum atomic E-state index is -0.385. The second-order valence-corrected chi connectivity index (χ2v) is 4.05. The first-order valence-corrected chi connectivity index (χ1v) is 6.73. The molecule has 0 spiro atoms. The summed E-state index contributed by atoms with van der Waals surface area (Å²) in [6.07, 6.45) is 5.22. The normalized spacial score (nSPS) is 12.1. The van der Waals surface area contributed by atoms with Crippen molar-refractivity contribution in [2.24, 2.45) is 0 Å². The molecular formula is C14H26O4. The first kappa shape index (κ1) is 17.1. The molecule has 0 heterocycles. The van der Waals surface area contributed by atoms with E-state index in [0.717, 1.165) is 31.9 Å². The summed E-state index contributed by atoms with van der Waals surface area (Å²) in [5, 5.41) is 0. The number of hydrogen-bond donors (Lipinski definition) is 0. The van der Waals surface area contributed by atoms with Gasteiger partial charge >= 0.3 is 5.97 Å². The topological polar surface area (TPSA) is 44.8 Å². The van der Waals surface area contributed by atoms with Crippen LogP contribution in [0, 0.1) is 0 Å². The maximum atomic E-state index is 10.7. The van der Waals surface area contributed by atoms with Crippen LogP contribution < -0.4 is 0 Å². The zero-order valence-corrected chi connectivity index (χ0v) is 11.7. The Balaban J connectivity index is 3.38. The molecule has 106 valence electrons. The summed E-state index contributed by atoms with van der Waals surface area (Å²) in [4.78, 5) is 10.7. The molecule has 0 saturated carbocycles. The van der Waals surface area contributed by atoms with Crippen LogP contribution in [0.3, 0.4) is 0 Å². The highest BCUT2D eigenvalue weighted by atomic mass is 16.5. The lowest BCUT2D eigenvalue weighted by Gasteiger charge is -2.16. The molecule has 0 aliphatic carbocycles. The van der Waals surface area contributed by atoms with Crippen molar-refractivity contribution in [2.75, 3.05) is 26.4 Å². The fraction of sp³-hybridized carbons (Fsp3) is 0.786. The molecule has 0 aliphatic rings. The number of hydrogen-bond acceptors (Lipinski definition) is 4. The van der Waals surface area contributed by atoms with Gasteiger partial charge < -0.3 is 14.2 Å². The van der Waals surface area contributed by atoms with Gasteiger partial charge in [-0.3, -0.25) is 0 Å². The van der Waals surface area contributed by atoms with E-state index >= 15 is 0 Å². The Morgan fingerprint density at radius 2 is 2.00 bits per heavy atom. The third kappa shape index (κ3) is 10.3. The van der Waals surface area contributed by atoms with Crippen LogP contribution >= 0.6 is 0 Å². The van der Waals surface area contributed by atoms with Crippen LogP contribution in [-0.4, -0.2) is 38.5 Å². The Bertz CT molecular complexity index is 216. The van der Waals surface area contributed by atoms with Gasteiger partial charge in [-0.25, -0.2) is 4.79 Å². The largest absolute Gasteiger partial charge is 0.462 e. The van der Waals surface area contributed by atoms with Gasteiger partial charge in [-0.05, 0) is 12.8 Å². The molecule has 0 amide bonds. The summed E-state index contributed by atoms with van der Waals surface area (Å²) in [5.41, 5.74) is 0. The zero-order valence-electron chi connectivity index (χ0n) is 11.7. The SMILES string of the molecule is C=CC(=O)OCCCOCC(CC)OCCCC. The molecule has 0 radical (unpaired) electrons. The van der Waals surface area contributed by atoms with Crippen molar-refractivity contribution in [3.05, 3.63) is 12.7 Å². The van der Waals surface area contributed by atoms with Crippen molar-refractivity contribution < 1.29 is 19.0 Å². The summed E-state index contributed by atoms with van der Waals surface area (Å²) in [7, 11) is 0. The molecule has 4 nitrogen and oxygen atoms in total. The van der Waals surface area contributed by atoms with Crippen LogP contribution in [0.4, 0.5) is 0 Å². The lowest BCUT2D eigenvalue weighted by molar-refractivity contribution is -0.138. The van der Waals surface area contributed by atoms with Crippen LogP contribution in [0.25, 0.3) is 0 Å². The third-order valence-electron chi connectivity index (χ3n) is 2.45. The van der Waals surface area contributed by atoms with Crippen LogP contribution in [0.1, 0.15) is 39.5 Å². The van der Waals surface area contributed by atoms with Gasteiger partial charge in [0.1, 0.15) is 0 Å². The van der Waals surface area contributed by atoms with Gasteiger partial charge in [0.2, 0.25) is 0 Å². The van der Waals surface area contributed by atoms with E-state index < -0.39 is 0 Å². The van der Waals surface area contributed by atoms with Crippen molar-refractivity contribution in [1.82, 2.24) is 0 Å². The molecule has 4 heteroatoms. The van der Waals surface area contributed by atoms with Gasteiger partial charge in [0.05, 0.1) is 19.3 Å². The highest BCUT2D eigenvalue weighted by molar-refractivity contribution is 5.81. The predicted octanol–water partition coefficient (Wildman–Crippen LogP) is 2.72. The molecule has 1 atom stereocenters. The monoisotopic (exact) mass is 258 g/mol. The number of carbonyl (C=O) groups excluding carboxylic acids is 1. The molecule has 0 saturated heterocycles. The molecule has 18 heavy (non-hydrogen) atoms. The van der Waals surface area contributed by atoms with Gasteiger partial charge in [-0.2, -0.15) is 0 Å². The van der Waals surface area contributed by atoms with E-state index in [9.17, 15) is 4.79 Å². The summed E-state index contributed by atoms with van der Waals surface area (Å²) >= 11 is 0. The highest BCUT2D eigenvalue weighted by Crippen LogP contribution is 2.01. The molecule has 0 fully saturated rings. The lowest BCUT2D eigenvalue weighted by Crippen LogP contribution is -2.20. The van der Waals surface area contributed by atoms with E-state index in [1.54, 1.807) is 0 Å². The van der Waals surface area contributed by atoms with Crippen LogP contribution in [0.2, 0.25) is 0 Å². The van der Waals surface area contributed by atoms with Crippen LogP contribution in [0.15, 0.2) is 12.7 Å². The minimum absolute atomic E-state index is 0.173. The van der Waals surface area contributed by atoms with E-state index in [4.69, 9.17) is 14.2 Å². The van der Waals surface area contributed by atoms with Crippen molar-refractivity contribution in [1.29, 1.82) is 0 Å². The Kier molecular flexibility index (Phi) is 12.0. The molecule has 1 unspecified atom stereocenters. The molecular weight excluding hydrogens is 232 g/mol. The maximum absolute atomic E-state index is 10.7. The number of esters is 1. The van der Waals surface area contributed by atoms with Crippen molar-refractivity contribution >= 4 is 5.97 Å². The second-order valence-electron chi connectivity index (χ2n) is 4.05. The standard InChI is InChI=1S/C14H26O4/c1-4-7-10-17-13(5-2)12-16-9-8-11-18-14(15)6-3/h6,13H,3-5,7-12H2,1-2H3. The summed E-state index contributed by atoms with van der Waals surface area (Å²) in [6, 6.07) is 0. The van der Waals surface area contributed by atoms with Gasteiger partial charge in [0.15, 0.2) is 0 Å². The number of ether oxygens (including phenoxy) is 3. The lowest BCUT2D eigenvalue weighted by atomic mass is 10.3. The van der Waals surface area contributed by atoms with E-state index in [1.165, 1.54) is 0 Å². The fourth-order valence-electron chi connectivity index (χ4n) is 1.29. The third-order valence-corrected chi connectivity index (χ3v) is 2.45. The molecule has 0 aliphatic heterocycles. The minimum Gasteiger partial charge on any atom is -0.462 e. The van der Waals surface area contributed by atoms with Crippen LogP contribution in [-0.2, 0) is 19.0 Å². The second kappa shape index (κ2) is 12.6. The smallest absolute Gasteiger partial charge is 0.330 e. The van der Waals surface area contributed by atoms with E-state index in [-0.39, 0.29) is 12.1 Å². The summed E-state index contributed by atoms with van der Waals surface area (Å²) < 4.78 is 16.0. The molecule has 0 aromatic heterocycles. The van der Waals surface area contributed by atoms with Gasteiger partial charge in [-0.15, -0.1) is 0 Å². The van der Waals surface area contributed by atoms with E-state index in [0.29, 0.717) is 26.2 Å². The molecule has 0 aromatic carbocycles. The van der Waals surface area contributed by atoms with Gasteiger partial charge in [0.25, 0.3) is 0 Å². The quantitative estimate of drug-likeness (QED) is 0.307. The first-order chi connectivity index (χ1) is 8.74.